The van der Waals surface area contributed by atoms with E-state index in [1.807, 2.05) is 0 Å². The van der Waals surface area contributed by atoms with Crippen molar-refractivity contribution in [1.29, 1.82) is 0 Å². The second-order valence-electron chi connectivity index (χ2n) is 3.65. The van der Waals surface area contributed by atoms with Crippen LogP contribution in [0.1, 0.15) is 0 Å². The average molecular weight is 303 g/mol. The fourth-order valence-electron chi connectivity index (χ4n) is 1.55. The molecule has 2 amide bonds. The van der Waals surface area contributed by atoms with Gasteiger partial charge in [-0.1, -0.05) is 15.9 Å². The molecule has 0 aliphatic carbocycles. The highest BCUT2D eigenvalue weighted by Gasteiger charge is 2.17. The zero-order chi connectivity index (χ0) is 12.3. The molecule has 1 fully saturated rings. The zero-order valence-corrected chi connectivity index (χ0v) is 10.7. The average Bonchev–Trinajstić information content (AvgIpc) is 2.34. The molecule has 0 saturated carbocycles. The Labute approximate surface area is 107 Å². The summed E-state index contributed by atoms with van der Waals surface area (Å²) >= 11 is 3.16. The van der Waals surface area contributed by atoms with Crippen LogP contribution in [0.15, 0.2) is 22.7 Å². The van der Waals surface area contributed by atoms with E-state index >= 15 is 0 Å². The van der Waals surface area contributed by atoms with Gasteiger partial charge in [0.15, 0.2) is 0 Å². The van der Waals surface area contributed by atoms with Crippen LogP contribution in [-0.2, 0) is 4.74 Å². The predicted octanol–water partition coefficient (Wildman–Crippen LogP) is 2.45. The third-order valence-electron chi connectivity index (χ3n) is 2.47. The van der Waals surface area contributed by atoms with E-state index in [1.165, 1.54) is 12.1 Å². The molecule has 17 heavy (non-hydrogen) atoms. The molecule has 1 aliphatic heterocycles. The molecular weight excluding hydrogens is 291 g/mol. The van der Waals surface area contributed by atoms with Crippen LogP contribution in [0.4, 0.5) is 14.9 Å². The van der Waals surface area contributed by atoms with E-state index in [1.54, 1.807) is 11.0 Å². The van der Waals surface area contributed by atoms with Crippen LogP contribution in [0.3, 0.4) is 0 Å². The minimum Gasteiger partial charge on any atom is -0.378 e. The Kier molecular flexibility index (Phi) is 3.96. The van der Waals surface area contributed by atoms with Crippen molar-refractivity contribution in [3.63, 3.8) is 0 Å². The Morgan fingerprint density at radius 2 is 2.12 bits per heavy atom. The van der Waals surface area contributed by atoms with Gasteiger partial charge in [0.05, 0.1) is 18.9 Å². The maximum atomic E-state index is 13.5. The third-order valence-corrected chi connectivity index (χ3v) is 2.96. The van der Waals surface area contributed by atoms with Crippen LogP contribution in [0, 0.1) is 5.82 Å². The zero-order valence-electron chi connectivity index (χ0n) is 9.08. The smallest absolute Gasteiger partial charge is 0.322 e. The molecule has 2 rings (SSSR count). The lowest BCUT2D eigenvalue weighted by Gasteiger charge is -2.26. The van der Waals surface area contributed by atoms with E-state index in [4.69, 9.17) is 4.74 Å². The minimum atomic E-state index is -0.457. The van der Waals surface area contributed by atoms with Gasteiger partial charge in [-0.25, -0.2) is 9.18 Å². The molecular formula is C11H12BrFN2O2. The number of hydrogen-bond acceptors (Lipinski definition) is 2. The van der Waals surface area contributed by atoms with Crippen LogP contribution >= 0.6 is 15.9 Å². The van der Waals surface area contributed by atoms with Crippen LogP contribution in [0.25, 0.3) is 0 Å². The van der Waals surface area contributed by atoms with Gasteiger partial charge in [0.1, 0.15) is 5.82 Å². The summed E-state index contributed by atoms with van der Waals surface area (Å²) in [6.07, 6.45) is 0. The molecule has 1 aromatic carbocycles. The number of nitrogens with zero attached hydrogens (tertiary/aromatic N) is 1. The van der Waals surface area contributed by atoms with Gasteiger partial charge in [-0.2, -0.15) is 0 Å². The van der Waals surface area contributed by atoms with E-state index in [9.17, 15) is 9.18 Å². The fraction of sp³-hybridized carbons (Fsp3) is 0.364. The molecule has 1 aromatic rings. The van der Waals surface area contributed by atoms with Crippen molar-refractivity contribution in [3.05, 3.63) is 28.5 Å². The van der Waals surface area contributed by atoms with Gasteiger partial charge >= 0.3 is 6.03 Å². The second kappa shape index (κ2) is 5.46. The van der Waals surface area contributed by atoms with Crippen LogP contribution in [-0.4, -0.2) is 37.2 Å². The first-order valence-corrected chi connectivity index (χ1v) is 6.05. The summed E-state index contributed by atoms with van der Waals surface area (Å²) in [4.78, 5) is 13.4. The quantitative estimate of drug-likeness (QED) is 0.866. The van der Waals surface area contributed by atoms with Crippen molar-refractivity contribution >= 4 is 27.6 Å². The summed E-state index contributed by atoms with van der Waals surface area (Å²) < 4.78 is 19.3. The minimum absolute atomic E-state index is 0.185. The summed E-state index contributed by atoms with van der Waals surface area (Å²) in [5.74, 6) is -0.457. The number of rotatable bonds is 1. The molecule has 1 aliphatic rings. The van der Waals surface area contributed by atoms with Crippen LogP contribution in [0.2, 0.25) is 0 Å². The van der Waals surface area contributed by atoms with Crippen molar-refractivity contribution < 1.29 is 13.9 Å². The standard InChI is InChI=1S/C11H12BrFN2O2/c12-8-1-2-10(9(13)7-8)14-11(16)15-3-5-17-6-4-15/h1-2,7H,3-6H2,(H,14,16). The van der Waals surface area contributed by atoms with Crippen LogP contribution in [0.5, 0.6) is 0 Å². The van der Waals surface area contributed by atoms with E-state index in [2.05, 4.69) is 21.2 Å². The van der Waals surface area contributed by atoms with E-state index in [0.717, 1.165) is 0 Å². The largest absolute Gasteiger partial charge is 0.378 e. The van der Waals surface area contributed by atoms with Gasteiger partial charge in [0, 0.05) is 17.6 Å². The first-order valence-electron chi connectivity index (χ1n) is 5.25. The fourth-order valence-corrected chi connectivity index (χ4v) is 1.88. The van der Waals surface area contributed by atoms with E-state index in [-0.39, 0.29) is 11.7 Å². The second-order valence-corrected chi connectivity index (χ2v) is 4.57. The number of ether oxygens (including phenoxy) is 1. The van der Waals surface area contributed by atoms with Crippen molar-refractivity contribution in [1.82, 2.24) is 4.90 Å². The molecule has 4 nitrogen and oxygen atoms in total. The molecule has 0 bridgehead atoms. The molecule has 0 unspecified atom stereocenters. The van der Waals surface area contributed by atoms with Crippen molar-refractivity contribution in [2.24, 2.45) is 0 Å². The topological polar surface area (TPSA) is 41.6 Å². The number of morpholine rings is 1. The van der Waals surface area contributed by atoms with Crippen molar-refractivity contribution in [3.8, 4) is 0 Å². The van der Waals surface area contributed by atoms with Crippen molar-refractivity contribution in [2.45, 2.75) is 0 Å². The van der Waals surface area contributed by atoms with Gasteiger partial charge in [-0.3, -0.25) is 0 Å². The Morgan fingerprint density at radius 1 is 1.41 bits per heavy atom. The molecule has 1 N–H and O–H groups in total. The van der Waals surface area contributed by atoms with E-state index < -0.39 is 5.82 Å². The Balaban J connectivity index is 2.02. The summed E-state index contributed by atoms with van der Waals surface area (Å²) in [5, 5.41) is 2.54. The van der Waals surface area contributed by atoms with Gasteiger partial charge in [0.2, 0.25) is 0 Å². The van der Waals surface area contributed by atoms with Gasteiger partial charge < -0.3 is 15.0 Å². The lowest BCUT2D eigenvalue weighted by atomic mass is 10.3. The summed E-state index contributed by atoms with van der Waals surface area (Å²) in [6.45, 7) is 2.11. The predicted molar refractivity (Wildman–Crippen MR) is 65.5 cm³/mol. The number of hydrogen-bond donors (Lipinski definition) is 1. The maximum Gasteiger partial charge on any atom is 0.322 e. The molecule has 92 valence electrons. The molecule has 6 heteroatoms. The number of carbonyl (C=O) groups is 1. The molecule has 1 saturated heterocycles. The number of amides is 2. The number of urea groups is 1. The first-order chi connectivity index (χ1) is 8.16. The number of benzene rings is 1. The molecule has 0 spiro atoms. The van der Waals surface area contributed by atoms with Crippen molar-refractivity contribution in [2.75, 3.05) is 31.6 Å². The van der Waals surface area contributed by atoms with E-state index in [0.29, 0.717) is 30.8 Å². The van der Waals surface area contributed by atoms with Gasteiger partial charge in [0.25, 0.3) is 0 Å². The van der Waals surface area contributed by atoms with Gasteiger partial charge in [-0.05, 0) is 18.2 Å². The normalized spacial score (nSPS) is 15.8. The monoisotopic (exact) mass is 302 g/mol. The molecule has 0 atom stereocenters. The highest BCUT2D eigenvalue weighted by atomic mass is 79.9. The summed E-state index contributed by atoms with van der Waals surface area (Å²) in [5.41, 5.74) is 0.185. The highest BCUT2D eigenvalue weighted by molar-refractivity contribution is 9.10. The number of halogens is 2. The molecule has 0 radical (unpaired) electrons. The summed E-state index contributed by atoms with van der Waals surface area (Å²) in [6, 6.07) is 4.22. The third kappa shape index (κ3) is 3.17. The lowest BCUT2D eigenvalue weighted by molar-refractivity contribution is 0.0564. The lowest BCUT2D eigenvalue weighted by Crippen LogP contribution is -2.43. The van der Waals surface area contributed by atoms with Crippen LogP contribution < -0.4 is 5.32 Å². The Bertz CT molecular complexity index is 422. The number of carbonyl (C=O) groups excluding carboxylic acids is 1. The Morgan fingerprint density at radius 3 is 2.76 bits per heavy atom. The number of nitrogens with one attached hydrogen (secondary N) is 1. The SMILES string of the molecule is O=C(Nc1ccc(Br)cc1F)N1CCOCC1. The molecule has 0 aromatic heterocycles. The van der Waals surface area contributed by atoms with Gasteiger partial charge in [-0.15, -0.1) is 0 Å². The highest BCUT2D eigenvalue weighted by Crippen LogP contribution is 2.19. The molecule has 1 heterocycles. The maximum absolute atomic E-state index is 13.5. The summed E-state index contributed by atoms with van der Waals surface area (Å²) in [7, 11) is 0. The number of anilines is 1. The Hall–Kier alpha value is -1.14. The first kappa shape index (κ1) is 12.3.